The lowest BCUT2D eigenvalue weighted by Crippen LogP contribution is -2.31. The molecule has 1 aromatic rings. The van der Waals surface area contributed by atoms with Gasteiger partial charge < -0.3 is 10.6 Å². The number of hydrogen-bond acceptors (Lipinski definition) is 3. The van der Waals surface area contributed by atoms with Crippen molar-refractivity contribution in [3.05, 3.63) is 10.6 Å². The van der Waals surface area contributed by atoms with Crippen LogP contribution in [-0.2, 0) is 12.8 Å². The zero-order chi connectivity index (χ0) is 13.1. The molecule has 1 atom stereocenters. The third kappa shape index (κ3) is 3.65. The minimum atomic E-state index is 0.593. The topological polar surface area (TPSA) is 37.0 Å². The highest BCUT2D eigenvalue weighted by Gasteiger charge is 2.19. The first-order valence-corrected chi connectivity index (χ1v) is 7.80. The molecule has 0 spiro atoms. The van der Waals surface area contributed by atoms with Crippen LogP contribution >= 0.6 is 23.6 Å². The lowest BCUT2D eigenvalue weighted by molar-refractivity contribution is 0.502. The van der Waals surface area contributed by atoms with Gasteiger partial charge in [0.25, 0.3) is 0 Å². The van der Waals surface area contributed by atoms with Crippen LogP contribution in [-0.4, -0.2) is 16.6 Å². The van der Waals surface area contributed by atoms with E-state index in [-0.39, 0.29) is 0 Å². The van der Waals surface area contributed by atoms with Gasteiger partial charge in [0.05, 0.1) is 5.69 Å². The van der Waals surface area contributed by atoms with E-state index in [0.717, 1.165) is 24.0 Å². The Bertz CT molecular complexity index is 426. The predicted octanol–water partition coefficient (Wildman–Crippen LogP) is 3.21. The lowest BCUT2D eigenvalue weighted by Gasteiger charge is -2.15. The molecule has 5 heteroatoms. The van der Waals surface area contributed by atoms with Gasteiger partial charge in [0.15, 0.2) is 10.2 Å². The third-order valence-electron chi connectivity index (χ3n) is 3.08. The molecule has 0 saturated carbocycles. The van der Waals surface area contributed by atoms with Crippen LogP contribution in [0.5, 0.6) is 0 Å². The van der Waals surface area contributed by atoms with Crippen molar-refractivity contribution in [2.24, 2.45) is 11.8 Å². The number of fused-ring (bicyclic) bond motifs is 1. The van der Waals surface area contributed by atoms with Crippen LogP contribution in [0.4, 0.5) is 5.13 Å². The van der Waals surface area contributed by atoms with Gasteiger partial charge in [-0.3, -0.25) is 0 Å². The predicted molar refractivity (Wildman–Crippen MR) is 82.4 cm³/mol. The summed E-state index contributed by atoms with van der Waals surface area (Å²) in [6, 6.07) is 0. The van der Waals surface area contributed by atoms with E-state index < -0.39 is 0 Å². The van der Waals surface area contributed by atoms with Crippen molar-refractivity contribution in [2.75, 3.05) is 11.9 Å². The highest BCUT2D eigenvalue weighted by atomic mass is 32.1. The molecular formula is C13H21N3S2. The van der Waals surface area contributed by atoms with Gasteiger partial charge in [0.2, 0.25) is 0 Å². The quantitative estimate of drug-likeness (QED) is 0.835. The van der Waals surface area contributed by atoms with Crippen molar-refractivity contribution < 1.29 is 0 Å². The van der Waals surface area contributed by atoms with Crippen LogP contribution < -0.4 is 10.6 Å². The van der Waals surface area contributed by atoms with Gasteiger partial charge in [-0.1, -0.05) is 20.8 Å². The van der Waals surface area contributed by atoms with Crippen molar-refractivity contribution in [2.45, 2.75) is 40.0 Å². The Morgan fingerprint density at radius 1 is 1.56 bits per heavy atom. The molecule has 0 saturated heterocycles. The fourth-order valence-electron chi connectivity index (χ4n) is 2.03. The van der Waals surface area contributed by atoms with Gasteiger partial charge in [-0.25, -0.2) is 4.98 Å². The van der Waals surface area contributed by atoms with Crippen LogP contribution in [0.2, 0.25) is 0 Å². The number of anilines is 1. The summed E-state index contributed by atoms with van der Waals surface area (Å²) >= 11 is 7.01. The number of nitrogens with one attached hydrogen (secondary N) is 2. The van der Waals surface area contributed by atoms with Crippen LogP contribution in [0.15, 0.2) is 0 Å². The summed E-state index contributed by atoms with van der Waals surface area (Å²) < 4.78 is 0. The number of thiocarbonyl (C=S) groups is 1. The first kappa shape index (κ1) is 13.7. The van der Waals surface area contributed by atoms with Gasteiger partial charge in [0, 0.05) is 11.4 Å². The minimum absolute atomic E-state index is 0.593. The molecule has 1 aliphatic carbocycles. The van der Waals surface area contributed by atoms with Gasteiger partial charge >= 0.3 is 0 Å². The summed E-state index contributed by atoms with van der Waals surface area (Å²) in [5.41, 5.74) is 1.27. The standard InChI is InChI=1S/C13H21N3S2/c1-8(2)7-14-12(17)16-13-15-10-5-4-9(3)6-11(10)18-13/h8-9H,4-7H2,1-3H3,(H2,14,15,16,17). The fraction of sp³-hybridized carbons (Fsp3) is 0.692. The zero-order valence-electron chi connectivity index (χ0n) is 11.2. The van der Waals surface area contributed by atoms with E-state index in [0.29, 0.717) is 11.0 Å². The molecule has 1 heterocycles. The molecule has 0 amide bonds. The molecule has 1 aromatic heterocycles. The zero-order valence-corrected chi connectivity index (χ0v) is 12.9. The maximum absolute atomic E-state index is 5.26. The number of thiazole rings is 1. The molecule has 0 radical (unpaired) electrons. The largest absolute Gasteiger partial charge is 0.362 e. The van der Waals surface area contributed by atoms with Crippen LogP contribution in [0.1, 0.15) is 37.8 Å². The Balaban J connectivity index is 1.92. The maximum Gasteiger partial charge on any atom is 0.189 e. The van der Waals surface area contributed by atoms with Crippen molar-refractivity contribution in [1.82, 2.24) is 10.3 Å². The molecular weight excluding hydrogens is 262 g/mol. The molecule has 0 bridgehead atoms. The molecule has 3 nitrogen and oxygen atoms in total. The number of hydrogen-bond donors (Lipinski definition) is 2. The SMILES string of the molecule is CC(C)CNC(=S)Nc1nc2c(s1)CC(C)CC2. The summed E-state index contributed by atoms with van der Waals surface area (Å²) in [6.07, 6.45) is 3.54. The summed E-state index contributed by atoms with van der Waals surface area (Å²) in [5.74, 6) is 1.38. The fourth-order valence-corrected chi connectivity index (χ4v) is 3.45. The third-order valence-corrected chi connectivity index (χ3v) is 4.36. The van der Waals surface area contributed by atoms with Gasteiger partial charge in [-0.2, -0.15) is 0 Å². The molecule has 2 rings (SSSR count). The second-order valence-corrected chi connectivity index (χ2v) is 6.96. The average molecular weight is 283 g/mol. The molecule has 0 fully saturated rings. The Kier molecular flexibility index (Phi) is 4.56. The smallest absolute Gasteiger partial charge is 0.189 e. The molecule has 1 aliphatic rings. The second kappa shape index (κ2) is 5.97. The molecule has 2 N–H and O–H groups in total. The van der Waals surface area contributed by atoms with Crippen molar-refractivity contribution in [3.63, 3.8) is 0 Å². The Morgan fingerprint density at radius 2 is 2.33 bits per heavy atom. The normalized spacial score (nSPS) is 18.6. The van der Waals surface area contributed by atoms with E-state index in [9.17, 15) is 0 Å². The molecule has 18 heavy (non-hydrogen) atoms. The Hall–Kier alpha value is -0.680. The Labute approximate surface area is 118 Å². The van der Waals surface area contributed by atoms with E-state index in [4.69, 9.17) is 12.2 Å². The average Bonchev–Trinajstić information content (AvgIpc) is 2.67. The summed E-state index contributed by atoms with van der Waals surface area (Å²) in [7, 11) is 0. The van der Waals surface area contributed by atoms with Crippen LogP contribution in [0, 0.1) is 11.8 Å². The number of rotatable bonds is 3. The molecule has 1 unspecified atom stereocenters. The summed E-state index contributed by atoms with van der Waals surface area (Å²) in [6.45, 7) is 7.54. The molecule has 0 aromatic carbocycles. The summed E-state index contributed by atoms with van der Waals surface area (Å²) in [4.78, 5) is 6.07. The summed E-state index contributed by atoms with van der Waals surface area (Å²) in [5, 5.41) is 8.03. The van der Waals surface area contributed by atoms with Crippen molar-refractivity contribution in [1.29, 1.82) is 0 Å². The van der Waals surface area contributed by atoms with Crippen molar-refractivity contribution >= 4 is 33.8 Å². The van der Waals surface area contributed by atoms with E-state index in [1.165, 1.54) is 23.4 Å². The Morgan fingerprint density at radius 3 is 3.06 bits per heavy atom. The maximum atomic E-state index is 5.26. The number of aromatic nitrogens is 1. The van der Waals surface area contributed by atoms with Crippen molar-refractivity contribution in [3.8, 4) is 0 Å². The van der Waals surface area contributed by atoms with E-state index >= 15 is 0 Å². The van der Waals surface area contributed by atoms with Crippen LogP contribution in [0.3, 0.4) is 0 Å². The van der Waals surface area contributed by atoms with Crippen LogP contribution in [0.25, 0.3) is 0 Å². The number of aryl methyl sites for hydroxylation is 1. The highest BCUT2D eigenvalue weighted by molar-refractivity contribution is 7.80. The van der Waals surface area contributed by atoms with Gasteiger partial charge in [-0.15, -0.1) is 11.3 Å². The first-order valence-electron chi connectivity index (χ1n) is 6.58. The first-order chi connectivity index (χ1) is 8.54. The lowest BCUT2D eigenvalue weighted by atomic mass is 9.93. The monoisotopic (exact) mass is 283 g/mol. The number of nitrogens with zero attached hydrogens (tertiary/aromatic N) is 1. The molecule has 0 aliphatic heterocycles. The van der Waals surface area contributed by atoms with E-state index in [2.05, 4.69) is 36.4 Å². The minimum Gasteiger partial charge on any atom is -0.362 e. The highest BCUT2D eigenvalue weighted by Crippen LogP contribution is 2.31. The van der Waals surface area contributed by atoms with Gasteiger partial charge in [-0.05, 0) is 43.3 Å². The van der Waals surface area contributed by atoms with Gasteiger partial charge in [0.1, 0.15) is 0 Å². The van der Waals surface area contributed by atoms with E-state index in [1.54, 1.807) is 11.3 Å². The van der Waals surface area contributed by atoms with E-state index in [1.807, 2.05) is 0 Å². The molecule has 100 valence electrons. The second-order valence-electron chi connectivity index (χ2n) is 5.47.